The Morgan fingerprint density at radius 3 is 2.24 bits per heavy atom. The van der Waals surface area contributed by atoms with E-state index in [0.29, 0.717) is 0 Å². The highest BCUT2D eigenvalue weighted by atomic mass is 32.2. The van der Waals surface area contributed by atoms with Gasteiger partial charge in [-0.3, -0.25) is 14.7 Å². The van der Waals surface area contributed by atoms with Gasteiger partial charge in [0.1, 0.15) is 0 Å². The van der Waals surface area contributed by atoms with Crippen LogP contribution in [0.1, 0.15) is 24.0 Å². The molecule has 0 aliphatic heterocycles. The molecule has 21 heavy (non-hydrogen) atoms. The van der Waals surface area contributed by atoms with Crippen LogP contribution in [0.25, 0.3) is 0 Å². The van der Waals surface area contributed by atoms with Crippen LogP contribution >= 0.6 is 0 Å². The molecule has 0 heterocycles. The zero-order valence-electron chi connectivity index (χ0n) is 11.1. The van der Waals surface area contributed by atoms with Gasteiger partial charge in [0.25, 0.3) is 5.69 Å². The van der Waals surface area contributed by atoms with E-state index in [1.165, 1.54) is 12.1 Å². The normalized spacial score (nSPS) is 12.9. The highest BCUT2D eigenvalue weighted by molar-refractivity contribution is 7.86. The second-order valence-corrected chi connectivity index (χ2v) is 5.95. The third-order valence-corrected chi connectivity index (χ3v) is 4.14. The van der Waals surface area contributed by atoms with E-state index in [9.17, 15) is 18.5 Å². The Morgan fingerprint density at radius 1 is 1.10 bits per heavy atom. The predicted molar refractivity (Wildman–Crippen MR) is 76.9 cm³/mol. The summed E-state index contributed by atoms with van der Waals surface area (Å²) >= 11 is 0. The van der Waals surface area contributed by atoms with E-state index in [1.54, 1.807) is 31.2 Å². The maximum atomic E-state index is 11.3. The molecule has 1 atom stereocenters. The summed E-state index contributed by atoms with van der Waals surface area (Å²) in [7, 11) is -4.66. The maximum Gasteiger partial charge on any atom is 0.301 e. The van der Waals surface area contributed by atoms with Gasteiger partial charge in [-0.25, -0.2) is 0 Å². The van der Waals surface area contributed by atoms with Crippen LogP contribution in [0, 0.1) is 10.1 Å². The first-order chi connectivity index (χ1) is 9.82. The average molecular weight is 307 g/mol. The molecule has 0 fully saturated rings. The van der Waals surface area contributed by atoms with E-state index < -0.39 is 25.6 Å². The lowest BCUT2D eigenvalue weighted by Gasteiger charge is -2.13. The van der Waals surface area contributed by atoms with E-state index >= 15 is 0 Å². The number of para-hydroxylation sites is 1. The summed E-state index contributed by atoms with van der Waals surface area (Å²) in [6, 6.07) is 12.9. The summed E-state index contributed by atoms with van der Waals surface area (Å²) in [5.74, 6) is -0.381. The Bertz CT molecular complexity index is 771. The van der Waals surface area contributed by atoms with Crippen molar-refractivity contribution in [1.29, 1.82) is 0 Å². The first-order valence-electron chi connectivity index (χ1n) is 6.12. The number of nitro groups is 1. The number of benzene rings is 2. The fourth-order valence-corrected chi connectivity index (χ4v) is 2.90. The van der Waals surface area contributed by atoms with Crippen molar-refractivity contribution in [1.82, 2.24) is 0 Å². The molecule has 0 bridgehead atoms. The third-order valence-electron chi connectivity index (χ3n) is 3.26. The minimum absolute atomic E-state index is 0.237. The summed E-state index contributed by atoms with van der Waals surface area (Å²) in [5, 5.41) is 11.3. The minimum Gasteiger partial charge on any atom is -0.282 e. The lowest BCUT2D eigenvalue weighted by Crippen LogP contribution is -2.08. The molecule has 0 saturated carbocycles. The number of nitro benzene ring substituents is 1. The van der Waals surface area contributed by atoms with Crippen LogP contribution in [-0.2, 0) is 10.1 Å². The van der Waals surface area contributed by atoms with Crippen molar-refractivity contribution < 1.29 is 17.9 Å². The van der Waals surface area contributed by atoms with Crippen molar-refractivity contribution in [2.45, 2.75) is 17.7 Å². The summed E-state index contributed by atoms with van der Waals surface area (Å²) in [6.07, 6.45) is 0. The van der Waals surface area contributed by atoms with Gasteiger partial charge in [-0.05, 0) is 11.6 Å². The predicted octanol–water partition coefficient (Wildman–Crippen LogP) is 2.99. The summed E-state index contributed by atoms with van der Waals surface area (Å²) in [5.41, 5.74) is 0.464. The van der Waals surface area contributed by atoms with E-state index in [0.717, 1.165) is 11.6 Å². The zero-order chi connectivity index (χ0) is 15.6. The molecule has 0 aromatic heterocycles. The molecule has 0 radical (unpaired) electrons. The Hall–Kier alpha value is -2.25. The van der Waals surface area contributed by atoms with Gasteiger partial charge in [0.2, 0.25) is 0 Å². The molecule has 1 N–H and O–H groups in total. The largest absolute Gasteiger partial charge is 0.301 e. The molecule has 0 aliphatic rings. The second kappa shape index (κ2) is 5.63. The summed E-state index contributed by atoms with van der Waals surface area (Å²) in [4.78, 5) is 9.79. The van der Waals surface area contributed by atoms with Crippen LogP contribution in [0.3, 0.4) is 0 Å². The smallest absolute Gasteiger partial charge is 0.282 e. The molecule has 2 aromatic carbocycles. The van der Waals surface area contributed by atoms with Gasteiger partial charge in [-0.1, -0.05) is 49.4 Å². The Kier molecular flexibility index (Phi) is 4.06. The second-order valence-electron chi connectivity index (χ2n) is 4.56. The Morgan fingerprint density at radius 2 is 1.71 bits per heavy atom. The van der Waals surface area contributed by atoms with Crippen LogP contribution in [0.15, 0.2) is 53.4 Å². The third kappa shape index (κ3) is 3.09. The topological polar surface area (TPSA) is 97.5 Å². The van der Waals surface area contributed by atoms with E-state index in [-0.39, 0.29) is 11.5 Å². The van der Waals surface area contributed by atoms with Gasteiger partial charge in [0.05, 0.1) is 4.92 Å². The molecule has 0 amide bonds. The molecule has 6 nitrogen and oxygen atoms in total. The van der Waals surface area contributed by atoms with Crippen molar-refractivity contribution in [2.75, 3.05) is 0 Å². The fraction of sp³-hybridized carbons (Fsp3) is 0.143. The average Bonchev–Trinajstić information content (AvgIpc) is 2.45. The van der Waals surface area contributed by atoms with Gasteiger partial charge in [-0.15, -0.1) is 0 Å². The maximum absolute atomic E-state index is 11.3. The Labute approximate surface area is 121 Å². The van der Waals surface area contributed by atoms with Crippen molar-refractivity contribution in [2.24, 2.45) is 0 Å². The summed E-state index contributed by atoms with van der Waals surface area (Å²) < 4.78 is 31.8. The SMILES string of the molecule is CC(c1ccccc1)c1cccc(S(=O)(=O)O)c1[N+](=O)[O-]. The number of hydrogen-bond donors (Lipinski definition) is 1. The molecule has 0 saturated heterocycles. The Balaban J connectivity index is 2.68. The number of hydrogen-bond acceptors (Lipinski definition) is 4. The molecule has 2 aromatic rings. The van der Waals surface area contributed by atoms with Gasteiger partial charge < -0.3 is 0 Å². The first kappa shape index (κ1) is 15.1. The van der Waals surface area contributed by atoms with Crippen molar-refractivity contribution in [3.63, 3.8) is 0 Å². The molecule has 0 aliphatic carbocycles. The van der Waals surface area contributed by atoms with Gasteiger partial charge in [0.15, 0.2) is 4.90 Å². The van der Waals surface area contributed by atoms with Crippen molar-refractivity contribution in [3.8, 4) is 0 Å². The molecule has 1 unspecified atom stereocenters. The summed E-state index contributed by atoms with van der Waals surface area (Å²) in [6.45, 7) is 1.74. The quantitative estimate of drug-likeness (QED) is 0.532. The molecule has 110 valence electrons. The number of rotatable bonds is 4. The van der Waals surface area contributed by atoms with Crippen LogP contribution in [0.4, 0.5) is 5.69 Å². The molecule has 2 rings (SSSR count). The standard InChI is InChI=1S/C14H13NO5S/c1-10(11-6-3-2-4-7-11)12-8-5-9-13(21(18,19)20)14(12)15(16)17/h2-10H,1H3,(H,18,19,20). The van der Waals surface area contributed by atoms with Crippen LogP contribution in [0.2, 0.25) is 0 Å². The fourth-order valence-electron chi connectivity index (χ4n) is 2.21. The van der Waals surface area contributed by atoms with Gasteiger partial charge >= 0.3 is 10.1 Å². The van der Waals surface area contributed by atoms with Crippen LogP contribution in [-0.4, -0.2) is 17.9 Å². The van der Waals surface area contributed by atoms with Gasteiger partial charge in [0, 0.05) is 11.5 Å². The van der Waals surface area contributed by atoms with E-state index in [2.05, 4.69) is 0 Å². The van der Waals surface area contributed by atoms with Crippen molar-refractivity contribution >= 4 is 15.8 Å². The lowest BCUT2D eigenvalue weighted by atomic mass is 9.92. The molecule has 0 spiro atoms. The highest BCUT2D eigenvalue weighted by Gasteiger charge is 2.29. The van der Waals surface area contributed by atoms with Crippen LogP contribution < -0.4 is 0 Å². The highest BCUT2D eigenvalue weighted by Crippen LogP contribution is 2.35. The lowest BCUT2D eigenvalue weighted by molar-refractivity contribution is -0.388. The molecular weight excluding hydrogens is 294 g/mol. The minimum atomic E-state index is -4.66. The van der Waals surface area contributed by atoms with E-state index in [1.807, 2.05) is 6.07 Å². The van der Waals surface area contributed by atoms with Crippen LogP contribution in [0.5, 0.6) is 0 Å². The molecule has 7 heteroatoms. The first-order valence-corrected chi connectivity index (χ1v) is 7.56. The van der Waals surface area contributed by atoms with E-state index in [4.69, 9.17) is 4.55 Å². The van der Waals surface area contributed by atoms with Crippen molar-refractivity contribution in [3.05, 3.63) is 69.8 Å². The zero-order valence-corrected chi connectivity index (χ0v) is 11.9. The molecular formula is C14H13NO5S. The monoisotopic (exact) mass is 307 g/mol. The van der Waals surface area contributed by atoms with Gasteiger partial charge in [-0.2, -0.15) is 8.42 Å². The number of nitrogens with zero attached hydrogens (tertiary/aromatic N) is 1.